The van der Waals surface area contributed by atoms with Gasteiger partial charge in [0.15, 0.2) is 11.9 Å². The van der Waals surface area contributed by atoms with Crippen LogP contribution in [-0.2, 0) is 14.3 Å². The normalized spacial score (nSPS) is 58.4. The van der Waals surface area contributed by atoms with Crippen molar-refractivity contribution in [1.29, 1.82) is 0 Å². The van der Waals surface area contributed by atoms with Crippen LogP contribution in [0.1, 0.15) is 34.1 Å². The Morgan fingerprint density at radius 2 is 1.68 bits per heavy atom. The van der Waals surface area contributed by atoms with Crippen LogP contribution in [-0.4, -0.2) is 73.4 Å². The van der Waals surface area contributed by atoms with Gasteiger partial charge < -0.3 is 30.3 Å². The lowest BCUT2D eigenvalue weighted by molar-refractivity contribution is -0.356. The molecule has 4 rings (SSSR count). The summed E-state index contributed by atoms with van der Waals surface area (Å²) < 4.78 is 5.51. The minimum atomic E-state index is -2.10. The molecule has 3 fully saturated rings. The van der Waals surface area contributed by atoms with Gasteiger partial charge in [-0.05, 0) is 25.3 Å². The van der Waals surface area contributed by atoms with Gasteiger partial charge >= 0.3 is 5.97 Å². The van der Waals surface area contributed by atoms with Crippen molar-refractivity contribution < 1.29 is 39.9 Å². The van der Waals surface area contributed by atoms with E-state index in [-0.39, 0.29) is 6.42 Å². The van der Waals surface area contributed by atoms with Crippen molar-refractivity contribution in [3.05, 3.63) is 11.6 Å². The second-order valence-electron chi connectivity index (χ2n) is 9.53. The summed E-state index contributed by atoms with van der Waals surface area (Å²) in [6, 6.07) is 0. The fourth-order valence-corrected chi connectivity index (χ4v) is 7.10. The van der Waals surface area contributed by atoms with E-state index in [1.54, 1.807) is 20.8 Å². The van der Waals surface area contributed by atoms with Gasteiger partial charge in [-0.3, -0.25) is 4.79 Å². The van der Waals surface area contributed by atoms with Crippen LogP contribution in [0.5, 0.6) is 0 Å². The number of esters is 1. The Labute approximate surface area is 162 Å². The lowest BCUT2D eigenvalue weighted by atomic mass is 9.36. The van der Waals surface area contributed by atoms with E-state index in [1.165, 1.54) is 13.0 Å². The molecule has 1 aliphatic heterocycles. The zero-order valence-electron chi connectivity index (χ0n) is 16.4. The van der Waals surface area contributed by atoms with Crippen molar-refractivity contribution in [2.45, 2.75) is 70.2 Å². The average Bonchev–Trinajstić information content (AvgIpc) is 2.63. The number of allylic oxidation sites excluding steroid dienone is 1. The number of aliphatic hydroxyl groups excluding tert-OH is 4. The molecule has 0 bridgehead atoms. The van der Waals surface area contributed by atoms with Crippen LogP contribution < -0.4 is 0 Å². The molecule has 5 N–H and O–H groups in total. The molecule has 0 aromatic rings. The molecule has 0 aromatic carbocycles. The first-order valence-corrected chi connectivity index (χ1v) is 9.71. The van der Waals surface area contributed by atoms with Gasteiger partial charge in [0.25, 0.3) is 0 Å². The number of hydrogen-bond acceptors (Lipinski definition) is 8. The standard InChI is InChI=1S/C20H28O8/c1-7-5-10(21)15(24)18(3)9(7)6-11-19(4)14(18)13(23)12(22)8(2)20(19,27)16(25)17(26)28-11/h5,8-9,11-16,22-25,27H,6H2,1-4H3/t8-,9?,11+,12+,13-,14?,15+,16-,18-,19+,20-/m0/s1. The summed E-state index contributed by atoms with van der Waals surface area (Å²) in [5, 5.41) is 55.0. The maximum absolute atomic E-state index is 12.5. The molecule has 11 atom stereocenters. The molecule has 1 heterocycles. The molecule has 2 saturated carbocycles. The highest BCUT2D eigenvalue weighted by molar-refractivity contribution is 5.96. The Morgan fingerprint density at radius 3 is 2.29 bits per heavy atom. The van der Waals surface area contributed by atoms with Gasteiger partial charge in [0.1, 0.15) is 17.8 Å². The van der Waals surface area contributed by atoms with Gasteiger partial charge in [0.05, 0.1) is 12.2 Å². The third kappa shape index (κ3) is 1.89. The SMILES string of the molecule is CC1=CC(=O)[C@@H](O)[C@@]2(C)C1C[C@H]1OC(=O)[C@H](O)[C@@]3(O)[C@@H](C)[C@@H](O)[C@H](O)C2[C@@]13C. The van der Waals surface area contributed by atoms with E-state index in [9.17, 15) is 35.1 Å². The summed E-state index contributed by atoms with van der Waals surface area (Å²) in [7, 11) is 0. The Hall–Kier alpha value is -1.32. The maximum atomic E-state index is 12.5. The predicted molar refractivity (Wildman–Crippen MR) is 94.6 cm³/mol. The molecular formula is C20H28O8. The van der Waals surface area contributed by atoms with E-state index in [0.717, 1.165) is 0 Å². The van der Waals surface area contributed by atoms with Crippen molar-refractivity contribution in [2.75, 3.05) is 0 Å². The molecular weight excluding hydrogens is 368 g/mol. The van der Waals surface area contributed by atoms with E-state index in [4.69, 9.17) is 4.74 Å². The molecule has 3 aliphatic carbocycles. The van der Waals surface area contributed by atoms with Crippen LogP contribution >= 0.6 is 0 Å². The lowest BCUT2D eigenvalue weighted by Gasteiger charge is -2.71. The highest BCUT2D eigenvalue weighted by Crippen LogP contribution is 2.69. The molecule has 2 unspecified atom stereocenters. The van der Waals surface area contributed by atoms with Gasteiger partial charge in [0, 0.05) is 22.7 Å². The second kappa shape index (κ2) is 5.64. The van der Waals surface area contributed by atoms with Crippen molar-refractivity contribution in [1.82, 2.24) is 0 Å². The number of ether oxygens (including phenoxy) is 1. The van der Waals surface area contributed by atoms with Crippen molar-refractivity contribution >= 4 is 11.8 Å². The number of fused-ring (bicyclic) bond motifs is 2. The number of hydrogen-bond donors (Lipinski definition) is 5. The maximum Gasteiger partial charge on any atom is 0.338 e. The molecule has 0 amide bonds. The molecule has 8 heteroatoms. The average molecular weight is 396 g/mol. The van der Waals surface area contributed by atoms with E-state index in [2.05, 4.69) is 0 Å². The van der Waals surface area contributed by atoms with E-state index < -0.39 is 76.5 Å². The fourth-order valence-electron chi connectivity index (χ4n) is 7.10. The minimum Gasteiger partial charge on any atom is -0.460 e. The Balaban J connectivity index is 2.01. The van der Waals surface area contributed by atoms with Gasteiger partial charge in [-0.15, -0.1) is 0 Å². The van der Waals surface area contributed by atoms with Crippen molar-refractivity contribution in [3.63, 3.8) is 0 Å². The van der Waals surface area contributed by atoms with Crippen LogP contribution in [0.15, 0.2) is 11.6 Å². The fraction of sp³-hybridized carbons (Fsp3) is 0.800. The van der Waals surface area contributed by atoms with E-state index >= 15 is 0 Å². The molecule has 156 valence electrons. The summed E-state index contributed by atoms with van der Waals surface area (Å²) in [4.78, 5) is 24.8. The number of aliphatic hydroxyl groups is 5. The molecule has 4 aliphatic rings. The predicted octanol–water partition coefficient (Wildman–Crippen LogP) is -1.09. The number of rotatable bonds is 0. The summed E-state index contributed by atoms with van der Waals surface area (Å²) in [6.45, 7) is 6.49. The first kappa shape index (κ1) is 20.0. The largest absolute Gasteiger partial charge is 0.460 e. The molecule has 0 aromatic heterocycles. The van der Waals surface area contributed by atoms with Gasteiger partial charge in [-0.1, -0.05) is 26.3 Å². The molecule has 1 saturated heterocycles. The van der Waals surface area contributed by atoms with Crippen LogP contribution in [0.4, 0.5) is 0 Å². The minimum absolute atomic E-state index is 0.229. The van der Waals surface area contributed by atoms with Gasteiger partial charge in [-0.25, -0.2) is 4.79 Å². The lowest BCUT2D eigenvalue weighted by Crippen LogP contribution is -2.83. The summed E-state index contributed by atoms with van der Waals surface area (Å²) >= 11 is 0. The first-order valence-electron chi connectivity index (χ1n) is 9.71. The number of ketones is 1. The Kier molecular flexibility index (Phi) is 4.02. The zero-order valence-corrected chi connectivity index (χ0v) is 16.4. The third-order valence-corrected chi connectivity index (χ3v) is 8.62. The highest BCUT2D eigenvalue weighted by atomic mass is 16.6. The van der Waals surface area contributed by atoms with Crippen molar-refractivity contribution in [2.24, 2.45) is 28.6 Å². The van der Waals surface area contributed by atoms with E-state index in [0.29, 0.717) is 5.57 Å². The monoisotopic (exact) mass is 396 g/mol. The Bertz CT molecular complexity index is 778. The Morgan fingerprint density at radius 1 is 1.07 bits per heavy atom. The molecule has 0 spiro atoms. The third-order valence-electron chi connectivity index (χ3n) is 8.62. The molecule has 0 radical (unpaired) electrons. The summed E-state index contributed by atoms with van der Waals surface area (Å²) in [5.41, 5.74) is -4.02. The van der Waals surface area contributed by atoms with Crippen LogP contribution in [0.25, 0.3) is 0 Å². The van der Waals surface area contributed by atoms with Crippen LogP contribution in [0.3, 0.4) is 0 Å². The molecule has 8 nitrogen and oxygen atoms in total. The van der Waals surface area contributed by atoms with Crippen LogP contribution in [0.2, 0.25) is 0 Å². The second-order valence-corrected chi connectivity index (χ2v) is 9.53. The highest BCUT2D eigenvalue weighted by Gasteiger charge is 2.79. The van der Waals surface area contributed by atoms with E-state index in [1.807, 2.05) is 0 Å². The van der Waals surface area contributed by atoms with Gasteiger partial charge in [0.2, 0.25) is 0 Å². The molecule has 28 heavy (non-hydrogen) atoms. The smallest absolute Gasteiger partial charge is 0.338 e. The number of carbonyl (C=O) groups is 2. The summed E-state index contributed by atoms with van der Waals surface area (Å²) in [6.07, 6.45) is -5.50. The summed E-state index contributed by atoms with van der Waals surface area (Å²) in [5.74, 6) is -3.94. The topological polar surface area (TPSA) is 145 Å². The van der Waals surface area contributed by atoms with Crippen molar-refractivity contribution in [3.8, 4) is 0 Å². The number of carbonyl (C=O) groups excluding carboxylic acids is 2. The quantitative estimate of drug-likeness (QED) is 0.325. The van der Waals surface area contributed by atoms with Crippen LogP contribution in [0, 0.1) is 28.6 Å². The zero-order chi connectivity index (χ0) is 21.0. The van der Waals surface area contributed by atoms with Gasteiger partial charge in [-0.2, -0.15) is 0 Å². The first-order chi connectivity index (χ1) is 12.8.